The van der Waals surface area contributed by atoms with Crippen molar-refractivity contribution in [3.8, 4) is 0 Å². The van der Waals surface area contributed by atoms with E-state index in [2.05, 4.69) is 51.5 Å². The molecule has 0 spiro atoms. The molecule has 1 aromatic carbocycles. The molecule has 0 aliphatic carbocycles. The summed E-state index contributed by atoms with van der Waals surface area (Å²) < 4.78 is 0.859. The molecule has 0 radical (unpaired) electrons. The van der Waals surface area contributed by atoms with E-state index >= 15 is 0 Å². The topological polar surface area (TPSA) is 36.4 Å². The van der Waals surface area contributed by atoms with E-state index in [0.29, 0.717) is 5.15 Å². The number of halogens is 2. The fourth-order valence-corrected chi connectivity index (χ4v) is 3.91. The van der Waals surface area contributed by atoms with Gasteiger partial charge in [-0.2, -0.15) is 0 Å². The first-order valence-corrected chi connectivity index (χ1v) is 8.25. The fourth-order valence-electron chi connectivity index (χ4n) is 2.90. The summed E-state index contributed by atoms with van der Waals surface area (Å²) in [5.41, 5.74) is 2.97. The summed E-state index contributed by atoms with van der Waals surface area (Å²) in [6.07, 6.45) is 0. The molecule has 1 N–H and O–H groups in total. The number of benzene rings is 1. The molecule has 5 heteroatoms. The van der Waals surface area contributed by atoms with Crippen LogP contribution >= 0.6 is 34.2 Å². The van der Waals surface area contributed by atoms with Gasteiger partial charge in [-0.25, -0.2) is 4.98 Å². The van der Waals surface area contributed by atoms with Crippen LogP contribution in [0.15, 0.2) is 36.4 Å². The number of fused-ring (bicyclic) bond motifs is 1. The van der Waals surface area contributed by atoms with Gasteiger partial charge in [-0.15, -0.1) is 0 Å². The minimum absolute atomic E-state index is 0.0989. The predicted octanol–water partition coefficient (Wildman–Crippen LogP) is 3.61. The summed E-state index contributed by atoms with van der Waals surface area (Å²) in [5.74, 6) is 0. The van der Waals surface area contributed by atoms with E-state index in [1.54, 1.807) is 0 Å². The van der Waals surface area contributed by atoms with Crippen LogP contribution in [0.5, 0.6) is 0 Å². The van der Waals surface area contributed by atoms with Gasteiger partial charge < -0.3 is 10.0 Å². The molecule has 3 rings (SSSR count). The van der Waals surface area contributed by atoms with Crippen molar-refractivity contribution in [2.45, 2.75) is 18.9 Å². The van der Waals surface area contributed by atoms with Gasteiger partial charge in [0, 0.05) is 18.5 Å². The predicted molar refractivity (Wildman–Crippen MR) is 93.9 cm³/mol. The normalized spacial score (nSPS) is 20.7. The first-order valence-electron chi connectivity index (χ1n) is 6.80. The summed E-state index contributed by atoms with van der Waals surface area (Å²) in [5, 5.41) is 10.4. The highest BCUT2D eigenvalue weighted by molar-refractivity contribution is 14.1. The van der Waals surface area contributed by atoms with Gasteiger partial charge >= 0.3 is 0 Å². The molecule has 0 fully saturated rings. The molecular formula is C16H16ClIN2O. The van der Waals surface area contributed by atoms with Crippen molar-refractivity contribution >= 4 is 39.9 Å². The molecule has 0 saturated carbocycles. The molecule has 1 atom stereocenters. The molecule has 1 unspecified atom stereocenters. The molecule has 3 nitrogen and oxygen atoms in total. The summed E-state index contributed by atoms with van der Waals surface area (Å²) in [7, 11) is 0. The fraction of sp³-hybridized carbons (Fsp3) is 0.312. The Morgan fingerprint density at radius 2 is 2.10 bits per heavy atom. The van der Waals surface area contributed by atoms with E-state index in [9.17, 15) is 5.11 Å². The quantitative estimate of drug-likeness (QED) is 0.616. The second-order valence-corrected chi connectivity index (χ2v) is 7.16. The summed E-state index contributed by atoms with van der Waals surface area (Å²) in [4.78, 5) is 6.58. The minimum Gasteiger partial charge on any atom is -0.395 e. The van der Waals surface area contributed by atoms with E-state index in [4.69, 9.17) is 11.6 Å². The van der Waals surface area contributed by atoms with Crippen LogP contribution in [0, 0.1) is 3.70 Å². The van der Waals surface area contributed by atoms with Crippen molar-refractivity contribution in [1.29, 1.82) is 0 Å². The highest BCUT2D eigenvalue weighted by Crippen LogP contribution is 2.44. The van der Waals surface area contributed by atoms with E-state index in [1.165, 1.54) is 5.56 Å². The van der Waals surface area contributed by atoms with Crippen LogP contribution in [0.4, 0.5) is 5.69 Å². The maximum absolute atomic E-state index is 9.85. The Labute approximate surface area is 143 Å². The Morgan fingerprint density at radius 1 is 1.38 bits per heavy atom. The van der Waals surface area contributed by atoms with Crippen LogP contribution in [-0.2, 0) is 12.0 Å². The minimum atomic E-state index is -0.295. The number of aromatic nitrogens is 1. The molecule has 21 heavy (non-hydrogen) atoms. The second-order valence-electron chi connectivity index (χ2n) is 5.69. The zero-order chi connectivity index (χ0) is 15.0. The number of hydrogen-bond donors (Lipinski definition) is 1. The van der Waals surface area contributed by atoms with Crippen LogP contribution in [0.2, 0.25) is 5.15 Å². The third-order valence-electron chi connectivity index (χ3n) is 3.99. The SMILES string of the molecule is CC1(CO)CN(Cc2ccccc2)c2c1cc(I)nc2Cl. The van der Waals surface area contributed by atoms with Crippen molar-refractivity contribution in [3.05, 3.63) is 56.4 Å². The lowest BCUT2D eigenvalue weighted by atomic mass is 9.86. The van der Waals surface area contributed by atoms with Gasteiger partial charge in [0.05, 0.1) is 12.3 Å². The molecule has 2 heterocycles. The van der Waals surface area contributed by atoms with Gasteiger partial charge in [0.1, 0.15) is 3.70 Å². The first-order chi connectivity index (χ1) is 10.0. The van der Waals surface area contributed by atoms with Crippen molar-refractivity contribution in [1.82, 2.24) is 4.98 Å². The summed E-state index contributed by atoms with van der Waals surface area (Å²) in [6.45, 7) is 3.69. The lowest BCUT2D eigenvalue weighted by molar-refractivity contribution is 0.215. The molecule has 0 amide bonds. The van der Waals surface area contributed by atoms with E-state index < -0.39 is 0 Å². The zero-order valence-electron chi connectivity index (χ0n) is 11.7. The van der Waals surface area contributed by atoms with Gasteiger partial charge in [-0.1, -0.05) is 48.9 Å². The molecule has 110 valence electrons. The number of anilines is 1. The third kappa shape index (κ3) is 2.76. The summed E-state index contributed by atoms with van der Waals surface area (Å²) in [6, 6.07) is 12.3. The van der Waals surface area contributed by atoms with Crippen molar-refractivity contribution in [3.63, 3.8) is 0 Å². The molecule has 1 aromatic heterocycles. The first kappa shape index (κ1) is 15.1. The van der Waals surface area contributed by atoms with Crippen LogP contribution in [0.25, 0.3) is 0 Å². The Morgan fingerprint density at radius 3 is 2.76 bits per heavy atom. The van der Waals surface area contributed by atoms with Gasteiger partial charge in [0.2, 0.25) is 0 Å². The number of rotatable bonds is 3. The van der Waals surface area contributed by atoms with Crippen LogP contribution in [0.3, 0.4) is 0 Å². The van der Waals surface area contributed by atoms with E-state index in [1.807, 2.05) is 24.3 Å². The van der Waals surface area contributed by atoms with Gasteiger partial charge in [0.25, 0.3) is 0 Å². The molecular weight excluding hydrogens is 399 g/mol. The molecule has 1 aliphatic heterocycles. The second kappa shape index (κ2) is 5.74. The number of nitrogens with zero attached hydrogens (tertiary/aromatic N) is 2. The summed E-state index contributed by atoms with van der Waals surface area (Å²) >= 11 is 8.55. The lowest BCUT2D eigenvalue weighted by Gasteiger charge is -2.24. The Bertz CT molecular complexity index is 665. The maximum atomic E-state index is 9.85. The molecule has 1 aliphatic rings. The smallest absolute Gasteiger partial charge is 0.153 e. The lowest BCUT2D eigenvalue weighted by Crippen LogP contribution is -2.33. The van der Waals surface area contributed by atoms with E-state index in [0.717, 1.165) is 28.0 Å². The monoisotopic (exact) mass is 414 g/mol. The molecule has 2 aromatic rings. The standard InChI is InChI=1S/C16H16ClIN2O/c1-16(10-21)9-20(8-11-5-3-2-4-6-11)14-12(16)7-13(18)19-15(14)17/h2-7,21H,8-10H2,1H3. The van der Waals surface area contributed by atoms with Crippen LogP contribution < -0.4 is 4.90 Å². The van der Waals surface area contributed by atoms with Crippen LogP contribution in [-0.4, -0.2) is 23.2 Å². The average molecular weight is 415 g/mol. The number of hydrogen-bond acceptors (Lipinski definition) is 3. The average Bonchev–Trinajstić information content (AvgIpc) is 2.73. The van der Waals surface area contributed by atoms with Crippen molar-refractivity contribution in [2.24, 2.45) is 0 Å². The Balaban J connectivity index is 2.03. The van der Waals surface area contributed by atoms with Crippen molar-refractivity contribution in [2.75, 3.05) is 18.1 Å². The number of pyridine rings is 1. The van der Waals surface area contributed by atoms with E-state index in [-0.39, 0.29) is 12.0 Å². The number of aliphatic hydroxyl groups excluding tert-OH is 1. The van der Waals surface area contributed by atoms with Gasteiger partial charge in [0.15, 0.2) is 5.15 Å². The molecule has 0 saturated heterocycles. The third-order valence-corrected chi connectivity index (χ3v) is 4.81. The Hall–Kier alpha value is -0.850. The molecule has 0 bridgehead atoms. The highest BCUT2D eigenvalue weighted by Gasteiger charge is 2.40. The van der Waals surface area contributed by atoms with Gasteiger partial charge in [-0.05, 0) is 39.8 Å². The largest absolute Gasteiger partial charge is 0.395 e. The maximum Gasteiger partial charge on any atom is 0.153 e. The van der Waals surface area contributed by atoms with Crippen molar-refractivity contribution < 1.29 is 5.11 Å². The van der Waals surface area contributed by atoms with Crippen LogP contribution in [0.1, 0.15) is 18.1 Å². The Kier molecular flexibility index (Phi) is 4.12. The van der Waals surface area contributed by atoms with Gasteiger partial charge in [-0.3, -0.25) is 0 Å². The number of aliphatic hydroxyl groups is 1. The highest BCUT2D eigenvalue weighted by atomic mass is 127. The zero-order valence-corrected chi connectivity index (χ0v) is 14.6.